The summed E-state index contributed by atoms with van der Waals surface area (Å²) in [6.45, 7) is 7.98. The van der Waals surface area contributed by atoms with Crippen molar-refractivity contribution in [2.45, 2.75) is 70.9 Å². The lowest BCUT2D eigenvalue weighted by Crippen LogP contribution is -2.56. The molecule has 1 saturated heterocycles. The number of alkyl carbamates (subject to hydrolysis) is 1. The molecule has 1 aliphatic rings. The Morgan fingerprint density at radius 1 is 1.32 bits per heavy atom. The van der Waals surface area contributed by atoms with Gasteiger partial charge in [0.2, 0.25) is 5.91 Å². The molecule has 0 bridgehead atoms. The summed E-state index contributed by atoms with van der Waals surface area (Å²) in [6, 6.07) is 10.0. The molecule has 0 aliphatic carbocycles. The molecule has 1 fully saturated rings. The highest BCUT2D eigenvalue weighted by atomic mass is 16.5. The summed E-state index contributed by atoms with van der Waals surface area (Å²) >= 11 is 0. The number of likely N-dealkylation sites (tertiary alicyclic amines) is 1. The van der Waals surface area contributed by atoms with Gasteiger partial charge >= 0.3 is 6.09 Å². The van der Waals surface area contributed by atoms with Gasteiger partial charge in [0.15, 0.2) is 0 Å². The smallest absolute Gasteiger partial charge is 0.408 e. The number of benzene rings is 1. The van der Waals surface area contributed by atoms with Crippen LogP contribution in [0.1, 0.15) is 46.1 Å². The highest BCUT2D eigenvalue weighted by Crippen LogP contribution is 2.21. The van der Waals surface area contributed by atoms with Gasteiger partial charge in [-0.25, -0.2) is 4.79 Å². The summed E-state index contributed by atoms with van der Waals surface area (Å²) in [7, 11) is 0. The van der Waals surface area contributed by atoms with E-state index in [0.29, 0.717) is 13.0 Å². The fourth-order valence-corrected chi connectivity index (χ4v) is 3.24. The molecule has 1 aliphatic heterocycles. The second kappa shape index (κ2) is 9.56. The van der Waals surface area contributed by atoms with E-state index in [1.807, 2.05) is 51.1 Å². The third-order valence-corrected chi connectivity index (χ3v) is 4.45. The van der Waals surface area contributed by atoms with E-state index in [2.05, 4.69) is 11.4 Å². The van der Waals surface area contributed by atoms with Gasteiger partial charge in [-0.3, -0.25) is 4.79 Å². The zero-order chi connectivity index (χ0) is 20.7. The van der Waals surface area contributed by atoms with Crippen LogP contribution in [0.25, 0.3) is 0 Å². The van der Waals surface area contributed by atoms with E-state index >= 15 is 0 Å². The summed E-state index contributed by atoms with van der Waals surface area (Å²) < 4.78 is 11.2. The van der Waals surface area contributed by atoms with Crippen LogP contribution in [-0.4, -0.2) is 47.2 Å². The van der Waals surface area contributed by atoms with Gasteiger partial charge in [0.25, 0.3) is 0 Å². The molecular weight excluding hydrogens is 358 g/mol. The van der Waals surface area contributed by atoms with Crippen LogP contribution in [-0.2, 0) is 20.9 Å². The molecule has 2 amide bonds. The standard InChI is InChI=1S/C21H29N3O4/c1-15(28-21(2,3)4)18(19(25)24-12-8-11-17(24)13-22)23-20(26)27-14-16-9-6-5-7-10-16/h5-7,9-10,15,17-18H,8,11-12,14H2,1-4H3,(H,23,26). The molecule has 3 unspecified atom stereocenters. The van der Waals surface area contributed by atoms with Gasteiger partial charge in [-0.2, -0.15) is 5.26 Å². The fourth-order valence-electron chi connectivity index (χ4n) is 3.24. The minimum atomic E-state index is -0.934. The predicted molar refractivity (Wildman–Crippen MR) is 104 cm³/mol. The first kappa shape index (κ1) is 21.7. The Kier molecular flexibility index (Phi) is 7.41. The summed E-state index contributed by atoms with van der Waals surface area (Å²) in [5, 5.41) is 11.9. The van der Waals surface area contributed by atoms with Gasteiger partial charge < -0.3 is 19.7 Å². The second-order valence-corrected chi connectivity index (χ2v) is 7.94. The van der Waals surface area contributed by atoms with Gasteiger partial charge in [0, 0.05) is 6.54 Å². The highest BCUT2D eigenvalue weighted by molar-refractivity contribution is 5.87. The van der Waals surface area contributed by atoms with E-state index in [-0.39, 0.29) is 12.5 Å². The van der Waals surface area contributed by atoms with Crippen LogP contribution in [0.4, 0.5) is 4.79 Å². The van der Waals surface area contributed by atoms with Gasteiger partial charge in [-0.1, -0.05) is 30.3 Å². The van der Waals surface area contributed by atoms with Crippen LogP contribution in [0, 0.1) is 11.3 Å². The Morgan fingerprint density at radius 3 is 2.61 bits per heavy atom. The molecule has 1 aromatic carbocycles. The highest BCUT2D eigenvalue weighted by Gasteiger charge is 2.38. The summed E-state index contributed by atoms with van der Waals surface area (Å²) in [5.74, 6) is -0.322. The van der Waals surface area contributed by atoms with Gasteiger partial charge in [0.1, 0.15) is 18.7 Å². The van der Waals surface area contributed by atoms with Crippen LogP contribution < -0.4 is 5.32 Å². The molecule has 1 N–H and O–H groups in total. The van der Waals surface area contributed by atoms with Crippen LogP contribution >= 0.6 is 0 Å². The first-order chi connectivity index (χ1) is 13.2. The SMILES string of the molecule is CC(OC(C)(C)C)C(NC(=O)OCc1ccccc1)C(=O)N1CCCC1C#N. The molecule has 0 radical (unpaired) electrons. The first-order valence-electron chi connectivity index (χ1n) is 9.56. The topological polar surface area (TPSA) is 91.7 Å². The minimum Gasteiger partial charge on any atom is -0.445 e. The Morgan fingerprint density at radius 2 is 2.00 bits per heavy atom. The van der Waals surface area contributed by atoms with Crippen molar-refractivity contribution in [2.75, 3.05) is 6.54 Å². The maximum atomic E-state index is 13.1. The predicted octanol–water partition coefficient (Wildman–Crippen LogP) is 3.00. The van der Waals surface area contributed by atoms with Crippen molar-refractivity contribution in [1.82, 2.24) is 10.2 Å². The number of nitrogens with zero attached hydrogens (tertiary/aromatic N) is 2. The number of nitriles is 1. The zero-order valence-corrected chi connectivity index (χ0v) is 17.0. The lowest BCUT2D eigenvalue weighted by Gasteiger charge is -2.33. The summed E-state index contributed by atoms with van der Waals surface area (Å²) in [4.78, 5) is 26.9. The van der Waals surface area contributed by atoms with Crippen LogP contribution in [0.5, 0.6) is 0 Å². The average molecular weight is 387 g/mol. The molecule has 7 heteroatoms. The normalized spacial score (nSPS) is 18.8. The van der Waals surface area contributed by atoms with Crippen molar-refractivity contribution in [3.8, 4) is 6.07 Å². The number of carbonyl (C=O) groups is 2. The van der Waals surface area contributed by atoms with Crippen molar-refractivity contribution < 1.29 is 19.1 Å². The Balaban J connectivity index is 2.07. The van der Waals surface area contributed by atoms with Crippen LogP contribution in [0.3, 0.4) is 0 Å². The van der Waals surface area contributed by atoms with Crippen LogP contribution in [0.2, 0.25) is 0 Å². The van der Waals surface area contributed by atoms with Crippen molar-refractivity contribution in [3.05, 3.63) is 35.9 Å². The monoisotopic (exact) mass is 387 g/mol. The molecule has 2 rings (SSSR count). The van der Waals surface area contributed by atoms with Crippen LogP contribution in [0.15, 0.2) is 30.3 Å². The molecule has 3 atom stereocenters. The first-order valence-corrected chi connectivity index (χ1v) is 9.56. The second-order valence-electron chi connectivity index (χ2n) is 7.94. The van der Waals surface area contributed by atoms with E-state index in [9.17, 15) is 14.9 Å². The quantitative estimate of drug-likeness (QED) is 0.810. The molecule has 28 heavy (non-hydrogen) atoms. The summed E-state index contributed by atoms with van der Waals surface area (Å²) in [5.41, 5.74) is 0.358. The molecule has 0 aromatic heterocycles. The number of ether oxygens (including phenoxy) is 2. The lowest BCUT2D eigenvalue weighted by molar-refractivity contribution is -0.141. The zero-order valence-electron chi connectivity index (χ0n) is 17.0. The molecule has 1 heterocycles. The minimum absolute atomic E-state index is 0.104. The summed E-state index contributed by atoms with van der Waals surface area (Å²) in [6.07, 6.45) is 0.127. The third kappa shape index (κ3) is 6.24. The Labute approximate surface area is 166 Å². The van der Waals surface area contributed by atoms with Crippen molar-refractivity contribution in [2.24, 2.45) is 0 Å². The molecule has 152 valence electrons. The third-order valence-electron chi connectivity index (χ3n) is 4.45. The average Bonchev–Trinajstić information content (AvgIpc) is 3.12. The van der Waals surface area contributed by atoms with Crippen molar-refractivity contribution >= 4 is 12.0 Å². The van der Waals surface area contributed by atoms with Gasteiger partial charge in [-0.15, -0.1) is 0 Å². The van der Waals surface area contributed by atoms with E-state index in [0.717, 1.165) is 12.0 Å². The molecule has 1 aromatic rings. The van der Waals surface area contributed by atoms with Gasteiger partial charge in [0.05, 0.1) is 17.8 Å². The number of rotatable bonds is 6. The van der Waals surface area contributed by atoms with Crippen molar-refractivity contribution in [3.63, 3.8) is 0 Å². The molecule has 7 nitrogen and oxygen atoms in total. The molecule has 0 saturated carbocycles. The molecular formula is C21H29N3O4. The van der Waals surface area contributed by atoms with E-state index < -0.39 is 29.9 Å². The Hall–Kier alpha value is -2.59. The number of amides is 2. The number of hydrogen-bond acceptors (Lipinski definition) is 5. The molecule has 0 spiro atoms. The van der Waals surface area contributed by atoms with Crippen molar-refractivity contribution in [1.29, 1.82) is 5.26 Å². The number of carbonyl (C=O) groups excluding carboxylic acids is 2. The number of nitrogens with one attached hydrogen (secondary N) is 1. The fraction of sp³-hybridized carbons (Fsp3) is 0.571. The maximum Gasteiger partial charge on any atom is 0.408 e. The van der Waals surface area contributed by atoms with E-state index in [1.165, 1.54) is 4.90 Å². The maximum absolute atomic E-state index is 13.1. The van der Waals surface area contributed by atoms with E-state index in [4.69, 9.17) is 9.47 Å². The van der Waals surface area contributed by atoms with E-state index in [1.54, 1.807) is 6.92 Å². The number of hydrogen-bond donors (Lipinski definition) is 1. The largest absolute Gasteiger partial charge is 0.445 e. The van der Waals surface area contributed by atoms with Gasteiger partial charge in [-0.05, 0) is 46.1 Å². The Bertz CT molecular complexity index is 709. The lowest BCUT2D eigenvalue weighted by atomic mass is 10.1.